The monoisotopic (exact) mass is 995 g/mol. The molecule has 2 unspecified atom stereocenters. The molecule has 5 aliphatic rings. The van der Waals surface area contributed by atoms with Crippen LogP contribution in [0.5, 0.6) is 17.2 Å². The molecule has 1 saturated carbocycles. The summed E-state index contributed by atoms with van der Waals surface area (Å²) in [5.74, 6) is 1.85. The molecule has 0 bridgehead atoms. The number of anilines is 1. The second-order valence-electron chi connectivity index (χ2n) is 21.3. The lowest BCUT2D eigenvalue weighted by Crippen LogP contribution is -2.53. The van der Waals surface area contributed by atoms with Gasteiger partial charge in [-0.25, -0.2) is 4.79 Å². The Kier molecular flexibility index (Phi) is 15.0. The molecule has 2 heterocycles. The van der Waals surface area contributed by atoms with Crippen LogP contribution in [0.3, 0.4) is 0 Å². The minimum atomic E-state index is -4.07. The molecule has 3 aliphatic carbocycles. The van der Waals surface area contributed by atoms with Crippen LogP contribution in [-0.2, 0) is 44.6 Å². The van der Waals surface area contributed by atoms with Crippen LogP contribution >= 0.6 is 11.6 Å². The van der Waals surface area contributed by atoms with E-state index >= 15 is 8.42 Å². The number of carbonyl (C=O) groups excluding carboxylic acids is 1. The fraction of sp³-hybridized carbons (Fsp3) is 0.518. The number of hydrogen-bond donors (Lipinski definition) is 1. The molecule has 4 aromatic rings. The van der Waals surface area contributed by atoms with Crippen LogP contribution in [0.2, 0.25) is 5.02 Å². The second kappa shape index (κ2) is 20.8. The fourth-order valence-electron chi connectivity index (χ4n) is 11.3. The summed E-state index contributed by atoms with van der Waals surface area (Å²) in [7, 11) is -0.841. The van der Waals surface area contributed by atoms with Crippen LogP contribution in [0, 0.1) is 17.8 Å². The van der Waals surface area contributed by atoms with E-state index in [1.165, 1.54) is 11.1 Å². The van der Waals surface area contributed by atoms with Crippen molar-refractivity contribution in [3.63, 3.8) is 0 Å². The quantitative estimate of drug-likeness (QED) is 0.0807. The Morgan fingerprint density at radius 1 is 0.929 bits per heavy atom. The number of nitrogens with zero attached hydrogens (tertiary/aromatic N) is 3. The van der Waals surface area contributed by atoms with Crippen molar-refractivity contribution >= 4 is 33.5 Å². The van der Waals surface area contributed by atoms with Crippen molar-refractivity contribution in [3.05, 3.63) is 129 Å². The number of fused-ring (bicyclic) bond motifs is 3. The number of halogens is 1. The molecular weight excluding hydrogens is 926 g/mol. The Balaban J connectivity index is 0.956. The van der Waals surface area contributed by atoms with E-state index in [4.69, 9.17) is 35.3 Å². The highest BCUT2D eigenvalue weighted by atomic mass is 35.5. The van der Waals surface area contributed by atoms with Crippen molar-refractivity contribution in [2.75, 3.05) is 52.0 Å². The molecule has 0 radical (unpaired) electrons. The SMILES string of the molecule is COc1ccc(CN(Cc2ccc(OC)cc2)S(=O)(=O)N(CC2CCCO2)[C@@H](C)C2C=C([C@H](O)[C@@H]3CC[C@H]3CN3C[C@@]4(CCCc5cc(Cl)ccc54)COc4ccc(C(=O)OC(C)(C)C)cc43)C2)cc1. The minimum Gasteiger partial charge on any atom is -0.497 e. The first-order valence-electron chi connectivity index (χ1n) is 25.1. The number of hydrogen-bond acceptors (Lipinski definition) is 10. The molecule has 1 spiro atoms. The lowest BCUT2D eigenvalue weighted by atomic mass is 9.65. The van der Waals surface area contributed by atoms with Crippen molar-refractivity contribution in [1.29, 1.82) is 0 Å². The molecule has 2 aliphatic heterocycles. The maximum Gasteiger partial charge on any atom is 0.338 e. The summed E-state index contributed by atoms with van der Waals surface area (Å²) in [4.78, 5) is 15.9. The predicted molar refractivity (Wildman–Crippen MR) is 273 cm³/mol. The van der Waals surface area contributed by atoms with E-state index in [1.54, 1.807) is 28.9 Å². The maximum absolute atomic E-state index is 15.2. The first kappa shape index (κ1) is 50.3. The summed E-state index contributed by atoms with van der Waals surface area (Å²) in [5.41, 5.74) is 5.56. The van der Waals surface area contributed by atoms with Gasteiger partial charge in [-0.3, -0.25) is 0 Å². The Bertz CT molecular complexity index is 2580. The molecule has 376 valence electrons. The smallest absolute Gasteiger partial charge is 0.338 e. The number of aliphatic hydroxyl groups is 1. The summed E-state index contributed by atoms with van der Waals surface area (Å²) in [6.45, 7) is 10.7. The zero-order valence-corrected chi connectivity index (χ0v) is 43.1. The van der Waals surface area contributed by atoms with Gasteiger partial charge in [0.05, 0.1) is 44.3 Å². The molecule has 14 heteroatoms. The number of benzene rings is 4. The molecule has 7 atom stereocenters. The topological polar surface area (TPSA) is 127 Å². The van der Waals surface area contributed by atoms with Gasteiger partial charge in [-0.05, 0) is 179 Å². The van der Waals surface area contributed by atoms with Crippen molar-refractivity contribution in [2.45, 2.75) is 121 Å². The van der Waals surface area contributed by atoms with E-state index < -0.39 is 28.0 Å². The highest BCUT2D eigenvalue weighted by molar-refractivity contribution is 7.86. The average Bonchev–Trinajstić information content (AvgIpc) is 3.78. The van der Waals surface area contributed by atoms with Crippen LogP contribution in [0.15, 0.2) is 96.6 Å². The number of methoxy groups -OCH3 is 2. The van der Waals surface area contributed by atoms with Gasteiger partial charge < -0.3 is 33.7 Å². The molecule has 0 aromatic heterocycles. The van der Waals surface area contributed by atoms with Crippen molar-refractivity contribution in [2.24, 2.45) is 17.8 Å². The number of rotatable bonds is 17. The van der Waals surface area contributed by atoms with Gasteiger partial charge in [-0.2, -0.15) is 17.0 Å². The van der Waals surface area contributed by atoms with E-state index in [-0.39, 0.29) is 54.9 Å². The summed E-state index contributed by atoms with van der Waals surface area (Å²) in [6, 6.07) is 26.5. The van der Waals surface area contributed by atoms with Crippen LogP contribution in [0.25, 0.3) is 0 Å². The summed E-state index contributed by atoms with van der Waals surface area (Å²) in [6.07, 6.45) is 8.31. The molecular formula is C56H70ClN3O9S. The predicted octanol–water partition coefficient (Wildman–Crippen LogP) is 9.94. The first-order chi connectivity index (χ1) is 33.5. The largest absolute Gasteiger partial charge is 0.497 e. The minimum absolute atomic E-state index is 0.0220. The molecule has 1 saturated heterocycles. The number of carbonyl (C=O) groups is 1. The Labute approximate surface area is 420 Å². The van der Waals surface area contributed by atoms with Gasteiger partial charge in [-0.1, -0.05) is 48.0 Å². The number of aliphatic hydroxyl groups excluding tert-OH is 1. The standard InChI is InChI=1S/C56H70ClN3O9S/c1-37(60(34-48-10-8-26-67-48)70(63,64)59(31-38-11-18-46(65-5)19-12-38)32-39-13-20-47(66-6)21-14-39)43-27-44(28-43)53(61)49-22-15-42(49)33-58-35-56(25-7-9-40-29-45(57)17-23-50(40)56)36-68-52-24-16-41(30-51(52)58)54(62)69-55(2,3)4/h11-14,16-21,23-24,27,29-30,37,42-43,48-49,53,61H,7-10,15,22,25-26,28,31-36H2,1-6H3/t37-,42-,43?,48?,49+,53-,56-/m0/s1. The van der Waals surface area contributed by atoms with Gasteiger partial charge in [0.1, 0.15) is 22.8 Å². The third-order valence-corrected chi connectivity index (χ3v) is 17.6. The van der Waals surface area contributed by atoms with Gasteiger partial charge >= 0.3 is 5.97 Å². The van der Waals surface area contributed by atoms with Gasteiger partial charge in [0, 0.05) is 55.8 Å². The molecule has 70 heavy (non-hydrogen) atoms. The molecule has 9 rings (SSSR count). The second-order valence-corrected chi connectivity index (χ2v) is 23.6. The number of esters is 1. The molecule has 1 N–H and O–H groups in total. The van der Waals surface area contributed by atoms with E-state index in [0.29, 0.717) is 49.8 Å². The van der Waals surface area contributed by atoms with E-state index in [0.717, 1.165) is 78.1 Å². The van der Waals surface area contributed by atoms with Crippen LogP contribution in [0.4, 0.5) is 5.69 Å². The zero-order chi connectivity index (χ0) is 49.4. The molecule has 2 fully saturated rings. The Hall–Kier alpha value is -4.63. The highest BCUT2D eigenvalue weighted by Gasteiger charge is 2.47. The van der Waals surface area contributed by atoms with Crippen LogP contribution < -0.4 is 19.1 Å². The summed E-state index contributed by atoms with van der Waals surface area (Å²) >= 11 is 6.54. The zero-order valence-electron chi connectivity index (χ0n) is 41.6. The summed E-state index contributed by atoms with van der Waals surface area (Å²) < 4.78 is 63.1. The van der Waals surface area contributed by atoms with Crippen LogP contribution in [-0.4, -0.2) is 99.0 Å². The molecule has 4 aromatic carbocycles. The lowest BCUT2D eigenvalue weighted by molar-refractivity contribution is 0.00694. The van der Waals surface area contributed by atoms with Gasteiger partial charge in [-0.15, -0.1) is 0 Å². The van der Waals surface area contributed by atoms with Crippen molar-refractivity contribution in [3.8, 4) is 17.2 Å². The van der Waals surface area contributed by atoms with Gasteiger partial charge in [0.2, 0.25) is 0 Å². The molecule has 0 amide bonds. The van der Waals surface area contributed by atoms with E-state index in [9.17, 15) is 9.90 Å². The maximum atomic E-state index is 15.2. The Morgan fingerprint density at radius 3 is 2.21 bits per heavy atom. The van der Waals surface area contributed by atoms with Gasteiger partial charge in [0.25, 0.3) is 10.2 Å². The third-order valence-electron chi connectivity index (χ3n) is 15.4. The number of ether oxygens (including phenoxy) is 5. The van der Waals surface area contributed by atoms with Crippen LogP contribution in [0.1, 0.15) is 105 Å². The fourth-order valence-corrected chi connectivity index (χ4v) is 13.4. The van der Waals surface area contributed by atoms with E-state index in [2.05, 4.69) is 23.1 Å². The van der Waals surface area contributed by atoms with Crippen molar-refractivity contribution < 1.29 is 42.0 Å². The van der Waals surface area contributed by atoms with Gasteiger partial charge in [0.15, 0.2) is 0 Å². The normalized spacial score (nSPS) is 24.1. The Morgan fingerprint density at radius 2 is 1.61 bits per heavy atom. The lowest BCUT2D eigenvalue weighted by Gasteiger charge is -2.47. The van der Waals surface area contributed by atoms with Crippen molar-refractivity contribution in [1.82, 2.24) is 8.61 Å². The third kappa shape index (κ3) is 10.9. The summed E-state index contributed by atoms with van der Waals surface area (Å²) in [5, 5.41) is 12.9. The average molecular weight is 997 g/mol. The highest BCUT2D eigenvalue weighted by Crippen LogP contribution is 2.49. The first-order valence-corrected chi connectivity index (χ1v) is 26.9. The molecule has 12 nitrogen and oxygen atoms in total. The van der Waals surface area contributed by atoms with E-state index in [1.807, 2.05) is 94.4 Å². The number of aryl methyl sites for hydroxylation is 1.